The molecule has 202 valence electrons. The molecule has 1 heterocycles. The third-order valence-electron chi connectivity index (χ3n) is 6.53. The Morgan fingerprint density at radius 3 is 2.14 bits per heavy atom. The van der Waals surface area contributed by atoms with Gasteiger partial charge in [0.15, 0.2) is 5.54 Å². The minimum absolute atomic E-state index is 0.331. The highest BCUT2D eigenvalue weighted by Crippen LogP contribution is 2.46. The first-order valence-electron chi connectivity index (χ1n) is 12.8. The van der Waals surface area contributed by atoms with Crippen LogP contribution in [0.2, 0.25) is 0 Å². The maximum atomic E-state index is 13.3. The molecule has 0 spiro atoms. The summed E-state index contributed by atoms with van der Waals surface area (Å²) in [6.07, 6.45) is 5.05. The normalized spacial score (nSPS) is 21.2. The van der Waals surface area contributed by atoms with Gasteiger partial charge in [-0.05, 0) is 56.9 Å². The molecule has 1 aliphatic heterocycles. The van der Waals surface area contributed by atoms with Crippen LogP contribution in [0.5, 0.6) is 5.75 Å². The van der Waals surface area contributed by atoms with Crippen LogP contribution >= 0.6 is 0 Å². The maximum Gasteiger partial charge on any atom is 0.410 e. The van der Waals surface area contributed by atoms with Crippen LogP contribution in [0.1, 0.15) is 97.3 Å². The smallest absolute Gasteiger partial charge is 0.410 e. The lowest BCUT2D eigenvalue weighted by molar-refractivity contribution is -0.135. The molecule has 2 atom stereocenters. The number of benzene rings is 1. The second-order valence-electron chi connectivity index (χ2n) is 11.1. The van der Waals surface area contributed by atoms with Crippen molar-refractivity contribution < 1.29 is 29.0 Å². The van der Waals surface area contributed by atoms with Gasteiger partial charge < -0.3 is 14.6 Å². The van der Waals surface area contributed by atoms with Crippen molar-refractivity contribution in [2.24, 2.45) is 5.41 Å². The molecule has 9 nitrogen and oxygen atoms in total. The van der Waals surface area contributed by atoms with Gasteiger partial charge in [0, 0.05) is 5.56 Å². The van der Waals surface area contributed by atoms with E-state index in [9.17, 15) is 19.5 Å². The van der Waals surface area contributed by atoms with Crippen LogP contribution in [0.3, 0.4) is 0 Å². The predicted molar refractivity (Wildman–Crippen MR) is 138 cm³/mol. The maximum absolute atomic E-state index is 13.3. The molecule has 1 fully saturated rings. The molecule has 3 N–H and O–H groups in total. The molecule has 0 aromatic heterocycles. The summed E-state index contributed by atoms with van der Waals surface area (Å²) < 4.78 is 11.8. The first kappa shape index (κ1) is 29.4. The lowest BCUT2D eigenvalue weighted by Gasteiger charge is -2.40. The van der Waals surface area contributed by atoms with E-state index >= 15 is 0 Å². The van der Waals surface area contributed by atoms with E-state index in [0.717, 1.165) is 17.7 Å². The molecule has 0 aliphatic carbocycles. The van der Waals surface area contributed by atoms with E-state index in [-0.39, 0.29) is 0 Å². The van der Waals surface area contributed by atoms with Crippen LogP contribution in [-0.4, -0.2) is 51.9 Å². The topological polar surface area (TPSA) is 117 Å². The molecule has 1 aromatic rings. The molecule has 1 aliphatic rings. The van der Waals surface area contributed by atoms with Crippen LogP contribution in [0.4, 0.5) is 4.79 Å². The number of nitrogens with zero attached hydrogens (tertiary/aromatic N) is 1. The number of carbonyl (C=O) groups excluding carboxylic acids is 2. The van der Waals surface area contributed by atoms with E-state index < -0.39 is 40.7 Å². The van der Waals surface area contributed by atoms with Gasteiger partial charge in [0.05, 0.1) is 12.7 Å². The van der Waals surface area contributed by atoms with E-state index in [4.69, 9.17) is 9.47 Å². The van der Waals surface area contributed by atoms with Gasteiger partial charge >= 0.3 is 6.09 Å². The first-order valence-corrected chi connectivity index (χ1v) is 12.8. The molecule has 3 amide bonds. The molecule has 1 unspecified atom stereocenters. The fourth-order valence-corrected chi connectivity index (χ4v) is 4.89. The van der Waals surface area contributed by atoms with Crippen molar-refractivity contribution in [3.05, 3.63) is 29.8 Å². The highest BCUT2D eigenvalue weighted by Gasteiger charge is 2.64. The molecule has 2 rings (SSSR count). The summed E-state index contributed by atoms with van der Waals surface area (Å²) in [4.78, 5) is 39.1. The summed E-state index contributed by atoms with van der Waals surface area (Å²) in [6, 6.07) is 6.65. The zero-order chi connectivity index (χ0) is 27.1. The number of amides is 3. The molecular formula is C27H43N3O6. The van der Waals surface area contributed by atoms with E-state index in [2.05, 4.69) is 17.8 Å². The third-order valence-corrected chi connectivity index (χ3v) is 6.53. The van der Waals surface area contributed by atoms with Crippen LogP contribution in [-0.2, 0) is 9.53 Å². The number of hydrogen-bond acceptors (Lipinski definition) is 5. The van der Waals surface area contributed by atoms with Crippen molar-refractivity contribution in [3.63, 3.8) is 0 Å². The Kier molecular flexibility index (Phi) is 9.77. The summed E-state index contributed by atoms with van der Waals surface area (Å²) in [5.41, 5.74) is 1.79. The molecule has 36 heavy (non-hydrogen) atoms. The van der Waals surface area contributed by atoms with Crippen molar-refractivity contribution in [1.82, 2.24) is 15.8 Å². The molecule has 1 saturated heterocycles. The van der Waals surface area contributed by atoms with Crippen molar-refractivity contribution in [2.75, 3.05) is 6.61 Å². The summed E-state index contributed by atoms with van der Waals surface area (Å²) in [7, 11) is 0. The molecule has 0 saturated carbocycles. The van der Waals surface area contributed by atoms with Gasteiger partial charge in [-0.25, -0.2) is 4.79 Å². The second-order valence-corrected chi connectivity index (χ2v) is 11.1. The fraction of sp³-hybridized carbons (Fsp3) is 0.667. The Balaban J connectivity index is 1.98. The van der Waals surface area contributed by atoms with E-state index in [0.29, 0.717) is 17.9 Å². The van der Waals surface area contributed by atoms with Crippen molar-refractivity contribution in [3.8, 4) is 5.75 Å². The van der Waals surface area contributed by atoms with Gasteiger partial charge in [-0.3, -0.25) is 25.3 Å². The third kappa shape index (κ3) is 6.90. The van der Waals surface area contributed by atoms with Crippen LogP contribution in [0.25, 0.3) is 0 Å². The molecule has 9 heteroatoms. The van der Waals surface area contributed by atoms with E-state index in [1.807, 2.05) is 20.8 Å². The SMILES string of the molecule is CCCCCCCCOc1ccc(C(=O)NNC(=O)[C@]2(C)C(C(C)(C)C)OC(C)(C)N2C(=O)O)cc1. The molecular weight excluding hydrogens is 462 g/mol. The lowest BCUT2D eigenvalue weighted by atomic mass is 9.76. The highest BCUT2D eigenvalue weighted by atomic mass is 16.6. The van der Waals surface area contributed by atoms with Crippen LogP contribution < -0.4 is 15.6 Å². The first-order chi connectivity index (χ1) is 16.7. The van der Waals surface area contributed by atoms with Crippen LogP contribution in [0.15, 0.2) is 24.3 Å². The van der Waals surface area contributed by atoms with E-state index in [1.54, 1.807) is 38.1 Å². The Labute approximate surface area is 214 Å². The number of nitrogens with one attached hydrogen (secondary N) is 2. The molecule has 0 bridgehead atoms. The quantitative estimate of drug-likeness (QED) is 0.301. The minimum atomic E-state index is -1.57. The van der Waals surface area contributed by atoms with Gasteiger partial charge in [0.2, 0.25) is 0 Å². The number of unbranched alkanes of at least 4 members (excludes halogenated alkanes) is 5. The van der Waals surface area contributed by atoms with Crippen molar-refractivity contribution >= 4 is 17.9 Å². The van der Waals surface area contributed by atoms with Crippen molar-refractivity contribution in [1.29, 1.82) is 0 Å². The van der Waals surface area contributed by atoms with Gasteiger partial charge in [0.25, 0.3) is 11.8 Å². The number of hydrazine groups is 1. The zero-order valence-electron chi connectivity index (χ0n) is 22.8. The molecule has 1 aromatic carbocycles. The van der Waals surface area contributed by atoms with E-state index in [1.165, 1.54) is 32.6 Å². The number of ether oxygens (including phenoxy) is 2. The Morgan fingerprint density at radius 1 is 1.00 bits per heavy atom. The van der Waals surface area contributed by atoms with Gasteiger partial charge in [-0.1, -0.05) is 59.8 Å². The summed E-state index contributed by atoms with van der Waals surface area (Å²) in [5.74, 6) is -0.531. The Hall–Kier alpha value is -2.81. The highest BCUT2D eigenvalue weighted by molar-refractivity contribution is 5.97. The average molecular weight is 506 g/mol. The minimum Gasteiger partial charge on any atom is -0.494 e. The fourth-order valence-electron chi connectivity index (χ4n) is 4.89. The monoisotopic (exact) mass is 505 g/mol. The average Bonchev–Trinajstić information content (AvgIpc) is 3.03. The summed E-state index contributed by atoms with van der Waals surface area (Å²) in [6.45, 7) is 13.2. The summed E-state index contributed by atoms with van der Waals surface area (Å²) >= 11 is 0. The zero-order valence-corrected chi connectivity index (χ0v) is 22.8. The Morgan fingerprint density at radius 2 is 1.58 bits per heavy atom. The van der Waals surface area contributed by atoms with Gasteiger partial charge in [-0.15, -0.1) is 0 Å². The Bertz CT molecular complexity index is 909. The lowest BCUT2D eigenvalue weighted by Crippen LogP contribution is -2.66. The standard InChI is InChI=1S/C27H43N3O6/c1-8-9-10-11-12-13-18-35-20-16-14-19(15-17-20)21(31)28-29-23(32)27(7)22(25(2,3)4)36-26(5,6)30(27)24(33)34/h14-17,22H,8-13,18H2,1-7H3,(H,28,31)(H,29,32)(H,33,34)/t22?,27-/m0/s1. The number of hydrogen-bond donors (Lipinski definition) is 3. The summed E-state index contributed by atoms with van der Waals surface area (Å²) in [5, 5.41) is 9.89. The van der Waals surface area contributed by atoms with Gasteiger partial charge in [-0.2, -0.15) is 0 Å². The number of carbonyl (C=O) groups is 3. The van der Waals surface area contributed by atoms with Crippen LogP contribution in [0, 0.1) is 5.41 Å². The number of carboxylic acid groups (broad SMARTS) is 1. The van der Waals surface area contributed by atoms with Gasteiger partial charge in [0.1, 0.15) is 11.5 Å². The molecule has 0 radical (unpaired) electrons. The number of rotatable bonds is 10. The largest absolute Gasteiger partial charge is 0.494 e. The predicted octanol–water partition coefficient (Wildman–Crippen LogP) is 5.11. The van der Waals surface area contributed by atoms with Crippen molar-refractivity contribution in [2.45, 2.75) is 104 Å². The second kappa shape index (κ2) is 12.0.